The minimum atomic E-state index is -0.516. The highest BCUT2D eigenvalue weighted by atomic mass is 19.1. The van der Waals surface area contributed by atoms with Crippen LogP contribution in [0.3, 0.4) is 0 Å². The SMILES string of the molecule is CC1CC(CN)(c2cc(F)cc(F)c2)C1. The molecular formula is C12H15F2N. The van der Waals surface area contributed by atoms with E-state index in [-0.39, 0.29) is 5.41 Å². The molecule has 0 aliphatic heterocycles. The summed E-state index contributed by atoms with van der Waals surface area (Å²) in [5.41, 5.74) is 6.24. The molecule has 0 unspecified atom stereocenters. The molecule has 0 radical (unpaired) electrons. The van der Waals surface area contributed by atoms with Crippen molar-refractivity contribution < 1.29 is 8.78 Å². The van der Waals surface area contributed by atoms with Crippen molar-refractivity contribution in [1.82, 2.24) is 0 Å². The maximum Gasteiger partial charge on any atom is 0.126 e. The number of hydrogen-bond donors (Lipinski definition) is 1. The smallest absolute Gasteiger partial charge is 0.126 e. The predicted molar refractivity (Wildman–Crippen MR) is 55.5 cm³/mol. The van der Waals surface area contributed by atoms with Gasteiger partial charge in [-0.3, -0.25) is 0 Å². The first-order chi connectivity index (χ1) is 7.05. The van der Waals surface area contributed by atoms with Crippen LogP contribution in [-0.2, 0) is 5.41 Å². The Labute approximate surface area is 88.3 Å². The lowest BCUT2D eigenvalue weighted by atomic mass is 9.59. The quantitative estimate of drug-likeness (QED) is 0.799. The summed E-state index contributed by atoms with van der Waals surface area (Å²) in [7, 11) is 0. The van der Waals surface area contributed by atoms with Crippen LogP contribution in [0.15, 0.2) is 18.2 Å². The first-order valence-electron chi connectivity index (χ1n) is 5.22. The van der Waals surface area contributed by atoms with Crippen molar-refractivity contribution in [2.75, 3.05) is 6.54 Å². The number of hydrogen-bond acceptors (Lipinski definition) is 1. The van der Waals surface area contributed by atoms with Crippen molar-refractivity contribution in [2.45, 2.75) is 25.2 Å². The molecule has 1 nitrogen and oxygen atoms in total. The summed E-state index contributed by atoms with van der Waals surface area (Å²) in [6, 6.07) is 3.71. The van der Waals surface area contributed by atoms with Gasteiger partial charge in [-0.25, -0.2) is 8.78 Å². The van der Waals surface area contributed by atoms with Crippen LogP contribution in [0.1, 0.15) is 25.3 Å². The molecule has 1 fully saturated rings. The van der Waals surface area contributed by atoms with Crippen molar-refractivity contribution in [2.24, 2.45) is 11.7 Å². The van der Waals surface area contributed by atoms with Gasteiger partial charge >= 0.3 is 0 Å². The van der Waals surface area contributed by atoms with Gasteiger partial charge in [0.05, 0.1) is 0 Å². The zero-order valence-corrected chi connectivity index (χ0v) is 8.76. The topological polar surface area (TPSA) is 26.0 Å². The summed E-state index contributed by atoms with van der Waals surface area (Å²) in [5, 5.41) is 0. The third-order valence-electron chi connectivity index (χ3n) is 3.34. The van der Waals surface area contributed by atoms with Gasteiger partial charge in [0.25, 0.3) is 0 Å². The van der Waals surface area contributed by atoms with Gasteiger partial charge in [-0.1, -0.05) is 6.92 Å². The third-order valence-corrected chi connectivity index (χ3v) is 3.34. The highest BCUT2D eigenvalue weighted by molar-refractivity contribution is 5.30. The van der Waals surface area contributed by atoms with E-state index in [1.807, 2.05) is 0 Å². The molecule has 1 saturated carbocycles. The molecule has 3 heteroatoms. The zero-order valence-electron chi connectivity index (χ0n) is 8.76. The lowest BCUT2D eigenvalue weighted by Gasteiger charge is -2.46. The zero-order chi connectivity index (χ0) is 11.1. The molecule has 0 amide bonds. The Bertz CT molecular complexity index is 350. The maximum atomic E-state index is 13.1. The average Bonchev–Trinajstić information content (AvgIpc) is 2.10. The van der Waals surface area contributed by atoms with Crippen molar-refractivity contribution in [3.05, 3.63) is 35.4 Å². The van der Waals surface area contributed by atoms with Crippen molar-refractivity contribution in [1.29, 1.82) is 0 Å². The number of halogens is 2. The standard InChI is InChI=1S/C12H15F2N/c1-8-5-12(6-8,7-15)9-2-10(13)4-11(14)3-9/h2-4,8H,5-7,15H2,1H3. The summed E-state index contributed by atoms with van der Waals surface area (Å²) in [6.07, 6.45) is 1.85. The van der Waals surface area contributed by atoms with Gasteiger partial charge in [-0.05, 0) is 36.5 Å². The highest BCUT2D eigenvalue weighted by Gasteiger charge is 2.42. The Hall–Kier alpha value is -0.960. The molecule has 0 saturated heterocycles. The van der Waals surface area contributed by atoms with Gasteiger partial charge in [0.1, 0.15) is 11.6 Å². The second-order valence-corrected chi connectivity index (χ2v) is 4.66. The van der Waals surface area contributed by atoms with Gasteiger partial charge in [-0.15, -0.1) is 0 Å². The molecule has 0 spiro atoms. The Morgan fingerprint density at radius 1 is 1.27 bits per heavy atom. The Kier molecular flexibility index (Phi) is 2.51. The molecule has 1 aliphatic rings. The molecule has 0 aromatic heterocycles. The van der Waals surface area contributed by atoms with E-state index in [9.17, 15) is 8.78 Å². The monoisotopic (exact) mass is 211 g/mol. The minimum absolute atomic E-state index is 0.192. The van der Waals surface area contributed by atoms with Crippen LogP contribution in [-0.4, -0.2) is 6.54 Å². The molecule has 0 bridgehead atoms. The van der Waals surface area contributed by atoms with E-state index in [2.05, 4.69) is 6.92 Å². The maximum absolute atomic E-state index is 13.1. The molecule has 2 rings (SSSR count). The van der Waals surface area contributed by atoms with E-state index in [1.54, 1.807) is 0 Å². The number of nitrogens with two attached hydrogens (primary N) is 1. The number of rotatable bonds is 2. The normalized spacial score (nSPS) is 30.0. The van der Waals surface area contributed by atoms with E-state index in [0.717, 1.165) is 18.9 Å². The molecular weight excluding hydrogens is 196 g/mol. The fourth-order valence-corrected chi connectivity index (χ4v) is 2.65. The Morgan fingerprint density at radius 3 is 2.20 bits per heavy atom. The fourth-order valence-electron chi connectivity index (χ4n) is 2.65. The van der Waals surface area contributed by atoms with E-state index in [4.69, 9.17) is 5.73 Å². The van der Waals surface area contributed by atoms with E-state index in [1.165, 1.54) is 12.1 Å². The minimum Gasteiger partial charge on any atom is -0.330 e. The molecule has 1 aromatic carbocycles. The van der Waals surface area contributed by atoms with Crippen LogP contribution in [0.25, 0.3) is 0 Å². The lowest BCUT2D eigenvalue weighted by molar-refractivity contribution is 0.164. The second kappa shape index (κ2) is 3.56. The molecule has 1 aliphatic carbocycles. The van der Waals surface area contributed by atoms with Gasteiger partial charge in [0, 0.05) is 18.0 Å². The third kappa shape index (κ3) is 1.76. The summed E-state index contributed by atoms with van der Waals surface area (Å²) in [6.45, 7) is 2.59. The summed E-state index contributed by atoms with van der Waals surface area (Å²) < 4.78 is 26.1. The Balaban J connectivity index is 2.35. The van der Waals surface area contributed by atoms with Crippen molar-refractivity contribution in [3.63, 3.8) is 0 Å². The van der Waals surface area contributed by atoms with Crippen molar-refractivity contribution in [3.8, 4) is 0 Å². The van der Waals surface area contributed by atoms with E-state index < -0.39 is 11.6 Å². The van der Waals surface area contributed by atoms with Crippen LogP contribution in [0, 0.1) is 17.6 Å². The molecule has 15 heavy (non-hydrogen) atoms. The van der Waals surface area contributed by atoms with E-state index >= 15 is 0 Å². The van der Waals surface area contributed by atoms with Crippen molar-refractivity contribution >= 4 is 0 Å². The fraction of sp³-hybridized carbons (Fsp3) is 0.500. The second-order valence-electron chi connectivity index (χ2n) is 4.66. The summed E-state index contributed by atoms with van der Waals surface area (Å²) >= 11 is 0. The van der Waals surface area contributed by atoms with Crippen LogP contribution in [0.2, 0.25) is 0 Å². The van der Waals surface area contributed by atoms with Gasteiger partial charge in [0.2, 0.25) is 0 Å². The highest BCUT2D eigenvalue weighted by Crippen LogP contribution is 2.47. The van der Waals surface area contributed by atoms with Gasteiger partial charge in [0.15, 0.2) is 0 Å². The lowest BCUT2D eigenvalue weighted by Crippen LogP contribution is -2.46. The van der Waals surface area contributed by atoms with Crippen LogP contribution in [0.5, 0.6) is 0 Å². The predicted octanol–water partition coefficient (Wildman–Crippen LogP) is 2.59. The molecule has 82 valence electrons. The first-order valence-corrected chi connectivity index (χ1v) is 5.22. The largest absolute Gasteiger partial charge is 0.330 e. The molecule has 0 atom stereocenters. The molecule has 1 aromatic rings. The number of benzene rings is 1. The van der Waals surface area contributed by atoms with Gasteiger partial charge in [-0.2, -0.15) is 0 Å². The molecule has 0 heterocycles. The van der Waals surface area contributed by atoms with Crippen LogP contribution >= 0.6 is 0 Å². The summed E-state index contributed by atoms with van der Waals surface area (Å²) in [5.74, 6) is -0.436. The van der Waals surface area contributed by atoms with Crippen LogP contribution in [0.4, 0.5) is 8.78 Å². The van der Waals surface area contributed by atoms with Gasteiger partial charge < -0.3 is 5.73 Å². The molecule has 2 N–H and O–H groups in total. The average molecular weight is 211 g/mol. The van der Waals surface area contributed by atoms with Crippen LogP contribution < -0.4 is 5.73 Å². The summed E-state index contributed by atoms with van der Waals surface area (Å²) in [4.78, 5) is 0. The Morgan fingerprint density at radius 2 is 1.80 bits per heavy atom. The first kappa shape index (κ1) is 10.6. The van der Waals surface area contributed by atoms with E-state index in [0.29, 0.717) is 18.0 Å².